The summed E-state index contributed by atoms with van der Waals surface area (Å²) in [7, 11) is 1.55. The zero-order chi connectivity index (χ0) is 21.3. The Balaban J connectivity index is 1.61. The molecule has 0 atom stereocenters. The van der Waals surface area contributed by atoms with Crippen LogP contribution in [0.5, 0.6) is 0 Å². The van der Waals surface area contributed by atoms with Gasteiger partial charge in [0.15, 0.2) is 23.1 Å². The van der Waals surface area contributed by atoms with E-state index in [0.717, 1.165) is 17.7 Å². The second-order valence-corrected chi connectivity index (χ2v) is 6.95. The lowest BCUT2D eigenvalue weighted by molar-refractivity contribution is 0.0941. The standard InChI is InChI=1S/C22H18F2N4O2/c1-28-20-18(11-15(22(28)30)9-14-7-8-16(23)17(24)10-14)26-19(27-20)21(29)25-12-13-5-3-2-4-6-13/h2-8,10-11H,9,12H2,1H3,(H,25,29)(H,26,27). The van der Waals surface area contributed by atoms with Crippen LogP contribution in [0.25, 0.3) is 11.2 Å². The van der Waals surface area contributed by atoms with Crippen LogP contribution in [-0.4, -0.2) is 20.4 Å². The van der Waals surface area contributed by atoms with E-state index in [-0.39, 0.29) is 17.8 Å². The molecule has 0 spiro atoms. The summed E-state index contributed by atoms with van der Waals surface area (Å²) in [6.45, 7) is 0.344. The molecule has 0 saturated carbocycles. The molecule has 0 bridgehead atoms. The van der Waals surface area contributed by atoms with Gasteiger partial charge < -0.3 is 10.3 Å². The molecule has 0 radical (unpaired) electrons. The molecule has 0 aliphatic carbocycles. The zero-order valence-corrected chi connectivity index (χ0v) is 16.1. The van der Waals surface area contributed by atoms with Gasteiger partial charge in [0.2, 0.25) is 0 Å². The minimum Gasteiger partial charge on any atom is -0.345 e. The summed E-state index contributed by atoms with van der Waals surface area (Å²) < 4.78 is 28.0. The molecule has 0 saturated heterocycles. The predicted octanol–water partition coefficient (Wildman–Crippen LogP) is 3.06. The Hall–Kier alpha value is -3.81. The quantitative estimate of drug-likeness (QED) is 0.533. The minimum atomic E-state index is -0.968. The molecule has 4 aromatic rings. The van der Waals surface area contributed by atoms with Crippen molar-refractivity contribution in [1.82, 2.24) is 19.9 Å². The number of hydrogen-bond acceptors (Lipinski definition) is 3. The van der Waals surface area contributed by atoms with Crippen LogP contribution in [0.2, 0.25) is 0 Å². The Morgan fingerprint density at radius 2 is 1.83 bits per heavy atom. The number of pyridine rings is 1. The number of carbonyl (C=O) groups is 1. The highest BCUT2D eigenvalue weighted by Gasteiger charge is 2.16. The summed E-state index contributed by atoms with van der Waals surface area (Å²) in [5.41, 5.74) is 2.29. The lowest BCUT2D eigenvalue weighted by atomic mass is 10.1. The maximum Gasteiger partial charge on any atom is 0.287 e. The van der Waals surface area contributed by atoms with Crippen molar-refractivity contribution >= 4 is 17.1 Å². The molecule has 0 fully saturated rings. The Kier molecular flexibility index (Phi) is 5.14. The predicted molar refractivity (Wildman–Crippen MR) is 108 cm³/mol. The summed E-state index contributed by atoms with van der Waals surface area (Å²) in [6, 6.07) is 14.5. The van der Waals surface area contributed by atoms with Crippen molar-refractivity contribution in [3.63, 3.8) is 0 Å². The van der Waals surface area contributed by atoms with Gasteiger partial charge in [-0.3, -0.25) is 14.2 Å². The van der Waals surface area contributed by atoms with E-state index >= 15 is 0 Å². The van der Waals surface area contributed by atoms with Crippen LogP contribution in [0.4, 0.5) is 8.78 Å². The molecule has 2 N–H and O–H groups in total. The Labute approximate surface area is 170 Å². The maximum atomic E-state index is 13.5. The van der Waals surface area contributed by atoms with Gasteiger partial charge in [0.25, 0.3) is 11.5 Å². The fraction of sp³-hybridized carbons (Fsp3) is 0.136. The fourth-order valence-corrected chi connectivity index (χ4v) is 3.25. The van der Waals surface area contributed by atoms with Crippen molar-refractivity contribution < 1.29 is 13.6 Å². The highest BCUT2D eigenvalue weighted by atomic mass is 19.2. The lowest BCUT2D eigenvalue weighted by Crippen LogP contribution is -2.24. The van der Waals surface area contributed by atoms with Crippen LogP contribution in [0, 0.1) is 11.6 Å². The Bertz CT molecular complexity index is 1300. The van der Waals surface area contributed by atoms with Crippen LogP contribution in [0.3, 0.4) is 0 Å². The second-order valence-electron chi connectivity index (χ2n) is 6.95. The van der Waals surface area contributed by atoms with E-state index in [1.54, 1.807) is 13.1 Å². The number of amides is 1. The van der Waals surface area contributed by atoms with Crippen molar-refractivity contribution in [3.8, 4) is 0 Å². The van der Waals surface area contributed by atoms with E-state index in [1.165, 1.54) is 10.6 Å². The van der Waals surface area contributed by atoms with Crippen LogP contribution in [0.15, 0.2) is 59.4 Å². The first kappa shape index (κ1) is 19.5. The van der Waals surface area contributed by atoms with Gasteiger partial charge in [-0.1, -0.05) is 36.4 Å². The van der Waals surface area contributed by atoms with E-state index in [4.69, 9.17) is 0 Å². The number of halogens is 2. The number of benzene rings is 2. The summed E-state index contributed by atoms with van der Waals surface area (Å²) in [4.78, 5) is 32.3. The SMILES string of the molecule is Cn1c(=O)c(Cc2ccc(F)c(F)c2)cc2[nH]c(C(=O)NCc3ccccc3)nc21. The third kappa shape index (κ3) is 3.84. The van der Waals surface area contributed by atoms with Gasteiger partial charge in [0.05, 0.1) is 5.52 Å². The molecule has 1 amide bonds. The number of hydrogen-bond donors (Lipinski definition) is 2. The van der Waals surface area contributed by atoms with E-state index in [9.17, 15) is 18.4 Å². The van der Waals surface area contributed by atoms with Crippen molar-refractivity contribution in [2.45, 2.75) is 13.0 Å². The van der Waals surface area contributed by atoms with Gasteiger partial charge in [-0.05, 0) is 29.3 Å². The molecule has 152 valence electrons. The summed E-state index contributed by atoms with van der Waals surface area (Å²) in [5.74, 6) is -2.23. The molecule has 2 aromatic carbocycles. The molecular weight excluding hydrogens is 390 g/mol. The van der Waals surface area contributed by atoms with Gasteiger partial charge in [-0.2, -0.15) is 0 Å². The number of imidazole rings is 1. The van der Waals surface area contributed by atoms with Crippen molar-refractivity contribution in [3.05, 3.63) is 99.1 Å². The number of aromatic amines is 1. The van der Waals surface area contributed by atoms with Crippen molar-refractivity contribution in [2.24, 2.45) is 7.05 Å². The maximum absolute atomic E-state index is 13.5. The zero-order valence-electron chi connectivity index (χ0n) is 16.1. The number of carbonyl (C=O) groups excluding carboxylic acids is 1. The fourth-order valence-electron chi connectivity index (χ4n) is 3.25. The molecule has 4 rings (SSSR count). The van der Waals surface area contributed by atoms with Crippen LogP contribution >= 0.6 is 0 Å². The first-order valence-electron chi connectivity index (χ1n) is 9.27. The third-order valence-electron chi connectivity index (χ3n) is 4.82. The number of rotatable bonds is 5. The molecule has 30 heavy (non-hydrogen) atoms. The van der Waals surface area contributed by atoms with Crippen molar-refractivity contribution in [2.75, 3.05) is 0 Å². The highest BCUT2D eigenvalue weighted by Crippen LogP contribution is 2.15. The van der Waals surface area contributed by atoms with Crippen LogP contribution in [-0.2, 0) is 20.0 Å². The van der Waals surface area contributed by atoms with E-state index in [2.05, 4.69) is 15.3 Å². The van der Waals surface area contributed by atoms with Gasteiger partial charge in [0.1, 0.15) is 0 Å². The average molecular weight is 408 g/mol. The highest BCUT2D eigenvalue weighted by molar-refractivity contribution is 5.93. The van der Waals surface area contributed by atoms with Gasteiger partial charge in [-0.15, -0.1) is 0 Å². The summed E-state index contributed by atoms with van der Waals surface area (Å²) >= 11 is 0. The monoisotopic (exact) mass is 408 g/mol. The molecule has 0 aliphatic rings. The molecular formula is C22H18F2N4O2. The van der Waals surface area contributed by atoms with Crippen molar-refractivity contribution in [1.29, 1.82) is 0 Å². The van der Waals surface area contributed by atoms with E-state index in [0.29, 0.717) is 28.8 Å². The molecule has 2 aromatic heterocycles. The van der Waals surface area contributed by atoms with Gasteiger partial charge >= 0.3 is 0 Å². The summed E-state index contributed by atoms with van der Waals surface area (Å²) in [5, 5.41) is 2.78. The average Bonchev–Trinajstić information content (AvgIpc) is 3.18. The Morgan fingerprint density at radius 3 is 2.57 bits per heavy atom. The van der Waals surface area contributed by atoms with Gasteiger partial charge in [-0.25, -0.2) is 13.8 Å². The minimum absolute atomic E-state index is 0.0842. The molecule has 0 aliphatic heterocycles. The largest absolute Gasteiger partial charge is 0.345 e. The molecule has 0 unspecified atom stereocenters. The lowest BCUT2D eigenvalue weighted by Gasteiger charge is -2.05. The van der Waals surface area contributed by atoms with Crippen LogP contribution in [0.1, 0.15) is 27.3 Å². The van der Waals surface area contributed by atoms with E-state index in [1.807, 2.05) is 30.3 Å². The molecule has 2 heterocycles. The van der Waals surface area contributed by atoms with Crippen LogP contribution < -0.4 is 10.9 Å². The summed E-state index contributed by atoms with van der Waals surface area (Å²) in [6.07, 6.45) is 0.119. The number of nitrogens with zero attached hydrogens (tertiary/aromatic N) is 2. The van der Waals surface area contributed by atoms with E-state index < -0.39 is 17.5 Å². The first-order valence-corrected chi connectivity index (χ1v) is 9.27. The van der Waals surface area contributed by atoms with Gasteiger partial charge in [0, 0.05) is 25.6 Å². The number of fused-ring (bicyclic) bond motifs is 1. The number of aromatic nitrogens is 3. The topological polar surface area (TPSA) is 79.8 Å². The number of H-pyrrole nitrogens is 1. The number of nitrogens with one attached hydrogen (secondary N) is 2. The second kappa shape index (κ2) is 7.90. The Morgan fingerprint density at radius 1 is 1.07 bits per heavy atom. The molecule has 6 nitrogen and oxygen atoms in total. The third-order valence-corrected chi connectivity index (χ3v) is 4.82. The normalized spacial score (nSPS) is 11.0. The molecule has 8 heteroatoms. The first-order chi connectivity index (χ1) is 14.4. The smallest absolute Gasteiger partial charge is 0.287 e. The number of aryl methyl sites for hydroxylation is 1.